The highest BCUT2D eigenvalue weighted by molar-refractivity contribution is 5.69. The van der Waals surface area contributed by atoms with Crippen LogP contribution in [0.5, 0.6) is 0 Å². The quantitative estimate of drug-likeness (QED) is 0.650. The molecule has 1 heterocycles. The van der Waals surface area contributed by atoms with Crippen molar-refractivity contribution in [1.82, 2.24) is 14.9 Å². The van der Waals surface area contributed by atoms with E-state index < -0.39 is 0 Å². The highest BCUT2D eigenvalue weighted by Crippen LogP contribution is 2.26. The molecule has 3 aromatic rings. The first-order chi connectivity index (χ1) is 13.0. The van der Waals surface area contributed by atoms with Crippen LogP contribution in [0.3, 0.4) is 0 Å². The molecule has 0 unspecified atom stereocenters. The van der Waals surface area contributed by atoms with Gasteiger partial charge in [0.05, 0.1) is 5.69 Å². The lowest BCUT2D eigenvalue weighted by molar-refractivity contribution is 0.425. The van der Waals surface area contributed by atoms with Gasteiger partial charge in [0.2, 0.25) is 5.95 Å². The molecule has 5 heteroatoms. The summed E-state index contributed by atoms with van der Waals surface area (Å²) in [5, 5.41) is 6.80. The Bertz CT molecular complexity index is 890. The zero-order valence-electron chi connectivity index (χ0n) is 16.5. The Balaban J connectivity index is 1.92. The second-order valence-electron chi connectivity index (χ2n) is 6.93. The average Bonchev–Trinajstić information content (AvgIpc) is 2.66. The summed E-state index contributed by atoms with van der Waals surface area (Å²) < 4.78 is 0. The van der Waals surface area contributed by atoms with Crippen molar-refractivity contribution in [2.24, 2.45) is 0 Å². The average molecular weight is 361 g/mol. The lowest BCUT2D eigenvalue weighted by Crippen LogP contribution is -2.21. The minimum Gasteiger partial charge on any atom is -0.353 e. The van der Waals surface area contributed by atoms with Gasteiger partial charge in [0.25, 0.3) is 0 Å². The summed E-state index contributed by atoms with van der Waals surface area (Å²) in [5.41, 5.74) is 5.50. The van der Waals surface area contributed by atoms with E-state index in [1.165, 1.54) is 11.1 Å². The summed E-state index contributed by atoms with van der Waals surface area (Å²) in [7, 11) is 4.10. The standard InChI is InChI=1S/C22H27N5/c1-16-9-8-12-19(17(16)2)24-21-15-20(18-10-6-5-7-11-18)25-22(26-21)23-13-14-27(3)4/h5-12,15H,13-14H2,1-4H3,(H2,23,24,25,26). The zero-order chi connectivity index (χ0) is 19.2. The van der Waals surface area contributed by atoms with Gasteiger partial charge >= 0.3 is 0 Å². The molecule has 5 nitrogen and oxygen atoms in total. The highest BCUT2D eigenvalue weighted by atomic mass is 15.2. The van der Waals surface area contributed by atoms with Gasteiger partial charge in [-0.1, -0.05) is 42.5 Å². The minimum atomic E-state index is 0.631. The normalized spacial score (nSPS) is 10.9. The van der Waals surface area contributed by atoms with E-state index in [4.69, 9.17) is 4.98 Å². The number of aromatic nitrogens is 2. The van der Waals surface area contributed by atoms with E-state index in [-0.39, 0.29) is 0 Å². The van der Waals surface area contributed by atoms with Crippen LogP contribution in [0.1, 0.15) is 11.1 Å². The number of likely N-dealkylation sites (N-methyl/N-ethyl adjacent to an activating group) is 1. The Labute approximate surface area is 161 Å². The number of hydrogen-bond acceptors (Lipinski definition) is 5. The molecule has 0 saturated carbocycles. The Morgan fingerprint density at radius 2 is 1.70 bits per heavy atom. The Kier molecular flexibility index (Phi) is 6.04. The molecule has 2 aromatic carbocycles. The van der Waals surface area contributed by atoms with Gasteiger partial charge in [0, 0.05) is 30.4 Å². The van der Waals surface area contributed by atoms with Crippen molar-refractivity contribution in [2.75, 3.05) is 37.8 Å². The van der Waals surface area contributed by atoms with Gasteiger partial charge < -0.3 is 15.5 Å². The van der Waals surface area contributed by atoms with Crippen molar-refractivity contribution < 1.29 is 0 Å². The lowest BCUT2D eigenvalue weighted by Gasteiger charge is -2.15. The second-order valence-corrected chi connectivity index (χ2v) is 6.93. The maximum Gasteiger partial charge on any atom is 0.225 e. The molecular weight excluding hydrogens is 334 g/mol. The van der Waals surface area contributed by atoms with E-state index in [0.717, 1.165) is 35.9 Å². The number of hydrogen-bond donors (Lipinski definition) is 2. The van der Waals surface area contributed by atoms with Crippen LogP contribution in [-0.4, -0.2) is 42.1 Å². The topological polar surface area (TPSA) is 53.1 Å². The number of nitrogens with one attached hydrogen (secondary N) is 2. The maximum absolute atomic E-state index is 4.70. The van der Waals surface area contributed by atoms with Gasteiger partial charge in [-0.15, -0.1) is 0 Å². The number of anilines is 3. The SMILES string of the molecule is Cc1cccc(Nc2cc(-c3ccccc3)nc(NCCN(C)C)n2)c1C. The van der Waals surface area contributed by atoms with Gasteiger partial charge in [0.1, 0.15) is 5.82 Å². The highest BCUT2D eigenvalue weighted by Gasteiger charge is 2.09. The van der Waals surface area contributed by atoms with Crippen LogP contribution in [0, 0.1) is 13.8 Å². The van der Waals surface area contributed by atoms with Crippen molar-refractivity contribution in [3.8, 4) is 11.3 Å². The van der Waals surface area contributed by atoms with Crippen LogP contribution < -0.4 is 10.6 Å². The molecule has 0 spiro atoms. The fourth-order valence-corrected chi connectivity index (χ4v) is 2.76. The molecule has 2 N–H and O–H groups in total. The van der Waals surface area contributed by atoms with Crippen LogP contribution in [-0.2, 0) is 0 Å². The monoisotopic (exact) mass is 361 g/mol. The Morgan fingerprint density at radius 1 is 0.926 bits per heavy atom. The van der Waals surface area contributed by atoms with Gasteiger partial charge in [-0.05, 0) is 45.1 Å². The van der Waals surface area contributed by atoms with Crippen LogP contribution in [0.25, 0.3) is 11.3 Å². The fourth-order valence-electron chi connectivity index (χ4n) is 2.76. The van der Waals surface area contributed by atoms with Crippen LogP contribution >= 0.6 is 0 Å². The van der Waals surface area contributed by atoms with E-state index >= 15 is 0 Å². The summed E-state index contributed by atoms with van der Waals surface area (Å²) >= 11 is 0. The van der Waals surface area contributed by atoms with E-state index in [9.17, 15) is 0 Å². The van der Waals surface area contributed by atoms with Crippen molar-refractivity contribution in [1.29, 1.82) is 0 Å². The largest absolute Gasteiger partial charge is 0.353 e. The summed E-state index contributed by atoms with van der Waals surface area (Å²) in [6, 6.07) is 18.4. The summed E-state index contributed by atoms with van der Waals surface area (Å²) in [6.45, 7) is 5.93. The molecule has 0 radical (unpaired) electrons. The summed E-state index contributed by atoms with van der Waals surface area (Å²) in [4.78, 5) is 11.5. The predicted octanol–water partition coefficient (Wildman–Crippen LogP) is 4.48. The first kappa shape index (κ1) is 18.9. The van der Waals surface area contributed by atoms with Crippen molar-refractivity contribution in [3.05, 3.63) is 65.7 Å². The molecule has 0 fully saturated rings. The molecule has 0 saturated heterocycles. The molecule has 3 rings (SSSR count). The Hall–Kier alpha value is -2.92. The number of nitrogens with zero attached hydrogens (tertiary/aromatic N) is 3. The fraction of sp³-hybridized carbons (Fsp3) is 0.273. The molecule has 140 valence electrons. The first-order valence-corrected chi connectivity index (χ1v) is 9.19. The van der Waals surface area contributed by atoms with Gasteiger partial charge in [-0.25, -0.2) is 4.98 Å². The molecular formula is C22H27N5. The minimum absolute atomic E-state index is 0.631. The van der Waals surface area contributed by atoms with Crippen molar-refractivity contribution in [2.45, 2.75) is 13.8 Å². The third kappa shape index (κ3) is 5.05. The second kappa shape index (κ2) is 8.64. The molecule has 0 aliphatic rings. The van der Waals surface area contributed by atoms with E-state index in [1.54, 1.807) is 0 Å². The molecule has 27 heavy (non-hydrogen) atoms. The van der Waals surface area contributed by atoms with Crippen molar-refractivity contribution >= 4 is 17.5 Å². The molecule has 0 aliphatic carbocycles. The predicted molar refractivity (Wildman–Crippen MR) is 114 cm³/mol. The number of aryl methyl sites for hydroxylation is 1. The van der Waals surface area contributed by atoms with Crippen LogP contribution in [0.15, 0.2) is 54.6 Å². The van der Waals surface area contributed by atoms with E-state index in [2.05, 4.69) is 78.8 Å². The maximum atomic E-state index is 4.70. The molecule has 0 aliphatic heterocycles. The zero-order valence-corrected chi connectivity index (χ0v) is 16.5. The van der Waals surface area contributed by atoms with Crippen LogP contribution in [0.4, 0.5) is 17.5 Å². The first-order valence-electron chi connectivity index (χ1n) is 9.19. The van der Waals surface area contributed by atoms with Gasteiger partial charge in [-0.2, -0.15) is 4.98 Å². The van der Waals surface area contributed by atoms with Gasteiger partial charge in [-0.3, -0.25) is 0 Å². The number of rotatable bonds is 7. The summed E-state index contributed by atoms with van der Waals surface area (Å²) in [5.74, 6) is 1.41. The van der Waals surface area contributed by atoms with Gasteiger partial charge in [0.15, 0.2) is 0 Å². The van der Waals surface area contributed by atoms with E-state index in [0.29, 0.717) is 5.95 Å². The van der Waals surface area contributed by atoms with Crippen LogP contribution in [0.2, 0.25) is 0 Å². The molecule has 0 atom stereocenters. The molecule has 0 bridgehead atoms. The number of benzene rings is 2. The summed E-state index contributed by atoms with van der Waals surface area (Å²) in [6.07, 6.45) is 0. The smallest absolute Gasteiger partial charge is 0.225 e. The van der Waals surface area contributed by atoms with Crippen molar-refractivity contribution in [3.63, 3.8) is 0 Å². The molecule has 0 amide bonds. The Morgan fingerprint density at radius 3 is 2.44 bits per heavy atom. The molecule has 1 aromatic heterocycles. The third-order valence-corrected chi connectivity index (χ3v) is 4.51. The lowest BCUT2D eigenvalue weighted by atomic mass is 10.1. The third-order valence-electron chi connectivity index (χ3n) is 4.51. The van der Waals surface area contributed by atoms with E-state index in [1.807, 2.05) is 24.3 Å².